The lowest BCUT2D eigenvalue weighted by atomic mass is 10.1. The fourth-order valence-corrected chi connectivity index (χ4v) is 2.45. The molecule has 5 nitrogen and oxygen atoms in total. The van der Waals surface area contributed by atoms with Gasteiger partial charge in [-0.05, 0) is 37.6 Å². The van der Waals surface area contributed by atoms with Crippen LogP contribution in [0.5, 0.6) is 5.75 Å². The number of nitrogens with zero attached hydrogens (tertiary/aromatic N) is 2. The largest absolute Gasteiger partial charge is 0.493 e. The van der Waals surface area contributed by atoms with Crippen molar-refractivity contribution in [3.63, 3.8) is 0 Å². The normalized spacial score (nSPS) is 12.6. The summed E-state index contributed by atoms with van der Waals surface area (Å²) < 4.78 is 12.6. The zero-order valence-electron chi connectivity index (χ0n) is 12.0. The number of nitrogens with one attached hydrogen (secondary N) is 1. The molecule has 0 saturated heterocycles. The monoisotopic (exact) mass is 297 g/mol. The lowest BCUT2D eigenvalue weighted by Gasteiger charge is -2.20. The minimum Gasteiger partial charge on any atom is -0.493 e. The number of aromatic nitrogens is 2. The quantitative estimate of drug-likeness (QED) is 0.852. The molecule has 0 amide bonds. The van der Waals surface area contributed by atoms with Crippen molar-refractivity contribution in [2.75, 3.05) is 13.7 Å². The first-order chi connectivity index (χ1) is 9.72. The first-order valence-corrected chi connectivity index (χ1v) is 7.16. The predicted octanol–water partition coefficient (Wildman–Crippen LogP) is 3.25. The standard InChI is InChI=1S/C14H20ClN3O2/c1-4-7-16-12(10-6-8-20-14(10)15)13-11(19-3)9-17-18(13)5-2/h6,8-9,12,16H,4-5,7H2,1-3H3. The number of methoxy groups -OCH3 is 1. The molecule has 20 heavy (non-hydrogen) atoms. The minimum absolute atomic E-state index is 0.0985. The van der Waals surface area contributed by atoms with Crippen molar-refractivity contribution in [3.8, 4) is 5.75 Å². The van der Waals surface area contributed by atoms with E-state index in [1.807, 2.05) is 17.7 Å². The molecule has 2 aromatic rings. The van der Waals surface area contributed by atoms with Gasteiger partial charge >= 0.3 is 0 Å². The molecule has 0 saturated carbocycles. The maximum atomic E-state index is 6.14. The smallest absolute Gasteiger partial charge is 0.198 e. The van der Waals surface area contributed by atoms with Crippen LogP contribution in [0.2, 0.25) is 5.22 Å². The summed E-state index contributed by atoms with van der Waals surface area (Å²) in [4.78, 5) is 0. The van der Waals surface area contributed by atoms with Crippen LogP contribution in [-0.2, 0) is 6.54 Å². The average molecular weight is 298 g/mol. The fraction of sp³-hybridized carbons (Fsp3) is 0.500. The molecule has 110 valence electrons. The van der Waals surface area contributed by atoms with Gasteiger partial charge in [-0.15, -0.1) is 0 Å². The van der Waals surface area contributed by atoms with Crippen molar-refractivity contribution in [1.29, 1.82) is 0 Å². The number of aryl methyl sites for hydroxylation is 1. The fourth-order valence-electron chi connectivity index (χ4n) is 2.23. The van der Waals surface area contributed by atoms with Crippen molar-refractivity contribution in [1.82, 2.24) is 15.1 Å². The molecule has 0 bridgehead atoms. The van der Waals surface area contributed by atoms with Crippen molar-refractivity contribution >= 4 is 11.6 Å². The van der Waals surface area contributed by atoms with Gasteiger partial charge in [0.05, 0.1) is 25.6 Å². The molecule has 0 aliphatic carbocycles. The van der Waals surface area contributed by atoms with Crippen LogP contribution in [0.3, 0.4) is 0 Å². The molecule has 0 radical (unpaired) electrons. The predicted molar refractivity (Wildman–Crippen MR) is 78.3 cm³/mol. The summed E-state index contributed by atoms with van der Waals surface area (Å²) in [5.74, 6) is 0.748. The maximum Gasteiger partial charge on any atom is 0.198 e. The van der Waals surface area contributed by atoms with E-state index in [1.54, 1.807) is 19.6 Å². The summed E-state index contributed by atoms with van der Waals surface area (Å²) in [6.07, 6.45) is 4.35. The van der Waals surface area contributed by atoms with Crippen LogP contribution < -0.4 is 10.1 Å². The van der Waals surface area contributed by atoms with Crippen LogP contribution in [0.25, 0.3) is 0 Å². The second-order valence-corrected chi connectivity index (χ2v) is 4.79. The first kappa shape index (κ1) is 14.9. The molecule has 6 heteroatoms. The van der Waals surface area contributed by atoms with Crippen LogP contribution in [0.4, 0.5) is 0 Å². The first-order valence-electron chi connectivity index (χ1n) is 6.78. The molecule has 0 aromatic carbocycles. The summed E-state index contributed by atoms with van der Waals surface area (Å²) >= 11 is 6.14. The van der Waals surface area contributed by atoms with E-state index in [-0.39, 0.29) is 6.04 Å². The molecular weight excluding hydrogens is 278 g/mol. The molecule has 0 spiro atoms. The zero-order chi connectivity index (χ0) is 14.5. The van der Waals surface area contributed by atoms with Gasteiger partial charge < -0.3 is 14.5 Å². The average Bonchev–Trinajstić information content (AvgIpc) is 3.06. The van der Waals surface area contributed by atoms with E-state index in [1.165, 1.54) is 0 Å². The molecule has 2 heterocycles. The molecular formula is C14H20ClN3O2. The molecule has 0 aliphatic heterocycles. The van der Waals surface area contributed by atoms with Crippen molar-refractivity contribution in [2.24, 2.45) is 0 Å². The number of halogens is 1. The van der Waals surface area contributed by atoms with Gasteiger partial charge in [-0.25, -0.2) is 0 Å². The molecule has 0 aliphatic rings. The number of ether oxygens (including phenoxy) is 1. The van der Waals surface area contributed by atoms with E-state index in [9.17, 15) is 0 Å². The summed E-state index contributed by atoms with van der Waals surface area (Å²) in [5, 5.41) is 8.22. The number of hydrogen-bond acceptors (Lipinski definition) is 4. The van der Waals surface area contributed by atoms with Crippen molar-refractivity contribution in [2.45, 2.75) is 32.9 Å². The van der Waals surface area contributed by atoms with Crippen molar-refractivity contribution < 1.29 is 9.15 Å². The van der Waals surface area contributed by atoms with E-state index in [0.717, 1.165) is 36.5 Å². The van der Waals surface area contributed by atoms with E-state index in [0.29, 0.717) is 5.22 Å². The van der Waals surface area contributed by atoms with Gasteiger partial charge in [-0.2, -0.15) is 5.10 Å². The molecule has 0 fully saturated rings. The van der Waals surface area contributed by atoms with Crippen LogP contribution in [0.15, 0.2) is 22.9 Å². The Kier molecular flexibility index (Phi) is 5.09. The molecule has 1 N–H and O–H groups in total. The Hall–Kier alpha value is -1.46. The summed E-state index contributed by atoms with van der Waals surface area (Å²) in [7, 11) is 1.65. The van der Waals surface area contributed by atoms with Crippen LogP contribution >= 0.6 is 11.6 Å². The van der Waals surface area contributed by atoms with E-state index in [4.69, 9.17) is 20.8 Å². The second kappa shape index (κ2) is 6.81. The Morgan fingerprint density at radius 2 is 2.30 bits per heavy atom. The second-order valence-electron chi connectivity index (χ2n) is 4.45. The van der Waals surface area contributed by atoms with Gasteiger partial charge in [0, 0.05) is 12.1 Å². The third kappa shape index (κ3) is 2.83. The Balaban J connectivity index is 2.46. The highest BCUT2D eigenvalue weighted by Gasteiger charge is 2.25. The van der Waals surface area contributed by atoms with Gasteiger partial charge in [0.25, 0.3) is 0 Å². The number of hydrogen-bond donors (Lipinski definition) is 1. The van der Waals surface area contributed by atoms with Crippen LogP contribution in [0, 0.1) is 0 Å². The van der Waals surface area contributed by atoms with E-state index >= 15 is 0 Å². The van der Waals surface area contributed by atoms with Gasteiger partial charge in [0.2, 0.25) is 0 Å². The third-order valence-corrected chi connectivity index (χ3v) is 3.50. The van der Waals surface area contributed by atoms with Gasteiger partial charge in [-0.1, -0.05) is 6.92 Å². The molecule has 2 aromatic heterocycles. The number of rotatable bonds is 7. The lowest BCUT2D eigenvalue weighted by molar-refractivity contribution is 0.398. The van der Waals surface area contributed by atoms with Crippen LogP contribution in [0.1, 0.15) is 37.6 Å². The highest BCUT2D eigenvalue weighted by Crippen LogP contribution is 2.34. The Morgan fingerprint density at radius 1 is 1.50 bits per heavy atom. The van der Waals surface area contributed by atoms with Gasteiger partial charge in [-0.3, -0.25) is 4.68 Å². The lowest BCUT2D eigenvalue weighted by Crippen LogP contribution is -2.26. The summed E-state index contributed by atoms with van der Waals surface area (Å²) in [6, 6.07) is 1.78. The zero-order valence-corrected chi connectivity index (χ0v) is 12.8. The molecule has 1 atom stereocenters. The Bertz CT molecular complexity index is 529. The topological polar surface area (TPSA) is 52.2 Å². The SMILES string of the molecule is CCCNC(c1ccoc1Cl)c1c(OC)cnn1CC. The Labute approximate surface area is 123 Å². The van der Waals surface area contributed by atoms with Crippen molar-refractivity contribution in [3.05, 3.63) is 35.0 Å². The van der Waals surface area contributed by atoms with Gasteiger partial charge in [0.1, 0.15) is 5.69 Å². The van der Waals surface area contributed by atoms with Gasteiger partial charge in [0.15, 0.2) is 11.0 Å². The van der Waals surface area contributed by atoms with E-state index < -0.39 is 0 Å². The van der Waals surface area contributed by atoms with E-state index in [2.05, 4.69) is 17.3 Å². The highest BCUT2D eigenvalue weighted by atomic mass is 35.5. The molecule has 2 rings (SSSR count). The van der Waals surface area contributed by atoms with Crippen LogP contribution in [-0.4, -0.2) is 23.4 Å². The third-order valence-electron chi connectivity index (χ3n) is 3.19. The summed E-state index contributed by atoms with van der Waals surface area (Å²) in [6.45, 7) is 5.79. The summed E-state index contributed by atoms with van der Waals surface area (Å²) in [5.41, 5.74) is 1.86. The maximum absolute atomic E-state index is 6.14. The Morgan fingerprint density at radius 3 is 2.85 bits per heavy atom. The molecule has 1 unspecified atom stereocenters. The number of furan rings is 1. The minimum atomic E-state index is -0.0985. The highest BCUT2D eigenvalue weighted by molar-refractivity contribution is 6.29.